The van der Waals surface area contributed by atoms with Crippen molar-refractivity contribution in [3.63, 3.8) is 0 Å². The van der Waals surface area contributed by atoms with Crippen molar-refractivity contribution in [1.82, 2.24) is 20.1 Å². The maximum Gasteiger partial charge on any atom is 0.147 e. The standard InChI is InChI=1S/C11H20N4/c1-8(2)6-12-7-11-14-13-9(3)15(11)10-4-5-10/h8,10,12H,4-7H2,1-3H3. The van der Waals surface area contributed by atoms with E-state index in [9.17, 15) is 0 Å². The van der Waals surface area contributed by atoms with E-state index in [1.54, 1.807) is 0 Å². The molecule has 0 saturated heterocycles. The Balaban J connectivity index is 1.95. The Kier molecular flexibility index (Phi) is 3.05. The van der Waals surface area contributed by atoms with Gasteiger partial charge in [-0.25, -0.2) is 0 Å². The van der Waals surface area contributed by atoms with Crippen LogP contribution in [0.15, 0.2) is 0 Å². The summed E-state index contributed by atoms with van der Waals surface area (Å²) in [7, 11) is 0. The number of aromatic nitrogens is 3. The van der Waals surface area contributed by atoms with E-state index in [0.717, 1.165) is 24.7 Å². The third-order valence-electron chi connectivity index (χ3n) is 2.68. The third kappa shape index (κ3) is 2.56. The fourth-order valence-electron chi connectivity index (χ4n) is 1.81. The molecule has 4 heteroatoms. The van der Waals surface area contributed by atoms with Crippen molar-refractivity contribution >= 4 is 0 Å². The number of nitrogens with zero attached hydrogens (tertiary/aromatic N) is 3. The number of nitrogens with one attached hydrogen (secondary N) is 1. The maximum absolute atomic E-state index is 4.22. The smallest absolute Gasteiger partial charge is 0.147 e. The van der Waals surface area contributed by atoms with Crippen molar-refractivity contribution in [3.8, 4) is 0 Å². The van der Waals surface area contributed by atoms with Gasteiger partial charge in [0.25, 0.3) is 0 Å². The first-order valence-corrected chi connectivity index (χ1v) is 5.79. The van der Waals surface area contributed by atoms with E-state index in [2.05, 4.69) is 33.9 Å². The SMILES string of the molecule is Cc1nnc(CNCC(C)C)n1C1CC1. The summed E-state index contributed by atoms with van der Waals surface area (Å²) >= 11 is 0. The zero-order chi connectivity index (χ0) is 10.8. The molecule has 1 aromatic rings. The minimum atomic E-state index is 0.677. The van der Waals surface area contributed by atoms with Gasteiger partial charge in [0.05, 0.1) is 6.54 Å². The number of hydrogen-bond acceptors (Lipinski definition) is 3. The van der Waals surface area contributed by atoms with Crippen LogP contribution in [0.3, 0.4) is 0 Å². The monoisotopic (exact) mass is 208 g/mol. The summed E-state index contributed by atoms with van der Waals surface area (Å²) < 4.78 is 2.29. The largest absolute Gasteiger partial charge is 0.311 e. The summed E-state index contributed by atoms with van der Waals surface area (Å²) in [6.45, 7) is 8.34. The molecule has 0 spiro atoms. The summed E-state index contributed by atoms with van der Waals surface area (Å²) in [5.74, 6) is 2.83. The van der Waals surface area contributed by atoms with Gasteiger partial charge in [0.1, 0.15) is 11.6 Å². The van der Waals surface area contributed by atoms with Gasteiger partial charge in [0.2, 0.25) is 0 Å². The molecule has 4 nitrogen and oxygen atoms in total. The van der Waals surface area contributed by atoms with Gasteiger partial charge in [0.15, 0.2) is 0 Å². The minimum Gasteiger partial charge on any atom is -0.311 e. The lowest BCUT2D eigenvalue weighted by atomic mass is 10.2. The summed E-state index contributed by atoms with van der Waals surface area (Å²) in [5.41, 5.74) is 0. The van der Waals surface area contributed by atoms with Crippen molar-refractivity contribution in [2.24, 2.45) is 5.92 Å². The quantitative estimate of drug-likeness (QED) is 0.800. The van der Waals surface area contributed by atoms with E-state index in [1.165, 1.54) is 12.8 Å². The summed E-state index contributed by atoms with van der Waals surface area (Å²) in [6.07, 6.45) is 2.58. The van der Waals surface area contributed by atoms with E-state index in [1.807, 2.05) is 6.92 Å². The van der Waals surface area contributed by atoms with Gasteiger partial charge < -0.3 is 9.88 Å². The van der Waals surface area contributed by atoms with Gasteiger partial charge >= 0.3 is 0 Å². The van der Waals surface area contributed by atoms with E-state index < -0.39 is 0 Å². The van der Waals surface area contributed by atoms with E-state index in [-0.39, 0.29) is 0 Å². The van der Waals surface area contributed by atoms with Crippen LogP contribution in [0.1, 0.15) is 44.4 Å². The summed E-state index contributed by atoms with van der Waals surface area (Å²) in [4.78, 5) is 0. The zero-order valence-electron chi connectivity index (χ0n) is 9.82. The fraction of sp³-hybridized carbons (Fsp3) is 0.818. The van der Waals surface area contributed by atoms with E-state index >= 15 is 0 Å². The molecular weight excluding hydrogens is 188 g/mol. The molecule has 1 fully saturated rings. The second kappa shape index (κ2) is 4.31. The van der Waals surface area contributed by atoms with Gasteiger partial charge in [-0.2, -0.15) is 0 Å². The van der Waals surface area contributed by atoms with Crippen LogP contribution in [0.5, 0.6) is 0 Å². The molecule has 1 aliphatic carbocycles. The lowest BCUT2D eigenvalue weighted by molar-refractivity contribution is 0.527. The van der Waals surface area contributed by atoms with Crippen LogP contribution in [0.4, 0.5) is 0 Å². The highest BCUT2D eigenvalue weighted by Crippen LogP contribution is 2.36. The first-order valence-electron chi connectivity index (χ1n) is 5.79. The molecule has 84 valence electrons. The Morgan fingerprint density at radius 2 is 2.13 bits per heavy atom. The van der Waals surface area contributed by atoms with Crippen molar-refractivity contribution in [2.75, 3.05) is 6.54 Å². The van der Waals surface area contributed by atoms with E-state index in [0.29, 0.717) is 12.0 Å². The minimum absolute atomic E-state index is 0.677. The van der Waals surface area contributed by atoms with Gasteiger partial charge in [-0.05, 0) is 32.2 Å². The molecule has 1 N–H and O–H groups in total. The van der Waals surface area contributed by atoms with Gasteiger partial charge in [-0.1, -0.05) is 13.8 Å². The van der Waals surface area contributed by atoms with Crippen molar-refractivity contribution in [3.05, 3.63) is 11.6 Å². The van der Waals surface area contributed by atoms with Crippen LogP contribution in [0.2, 0.25) is 0 Å². The van der Waals surface area contributed by atoms with Crippen molar-refractivity contribution < 1.29 is 0 Å². The Labute approximate surface area is 91.1 Å². The lowest BCUT2D eigenvalue weighted by Gasteiger charge is -2.09. The Morgan fingerprint density at radius 1 is 1.40 bits per heavy atom. The molecule has 0 bridgehead atoms. The highest BCUT2D eigenvalue weighted by atomic mass is 15.3. The molecular formula is C11H20N4. The Hall–Kier alpha value is -0.900. The zero-order valence-corrected chi connectivity index (χ0v) is 9.82. The van der Waals surface area contributed by atoms with Crippen LogP contribution in [0.25, 0.3) is 0 Å². The van der Waals surface area contributed by atoms with Crippen molar-refractivity contribution in [1.29, 1.82) is 0 Å². The molecule has 0 aliphatic heterocycles. The van der Waals surface area contributed by atoms with Crippen LogP contribution in [-0.4, -0.2) is 21.3 Å². The van der Waals surface area contributed by atoms with Crippen molar-refractivity contribution in [2.45, 2.75) is 46.2 Å². The Bertz CT molecular complexity index is 325. The van der Waals surface area contributed by atoms with Crippen LogP contribution in [0, 0.1) is 12.8 Å². The molecule has 0 amide bonds. The molecule has 2 rings (SSSR count). The molecule has 0 radical (unpaired) electrons. The predicted octanol–water partition coefficient (Wildman–Crippen LogP) is 1.67. The molecule has 1 saturated carbocycles. The number of rotatable bonds is 5. The van der Waals surface area contributed by atoms with Gasteiger partial charge in [-0.15, -0.1) is 10.2 Å². The molecule has 15 heavy (non-hydrogen) atoms. The van der Waals surface area contributed by atoms with Gasteiger partial charge in [-0.3, -0.25) is 0 Å². The average Bonchev–Trinajstić information content (AvgIpc) is 2.92. The number of hydrogen-bond donors (Lipinski definition) is 1. The average molecular weight is 208 g/mol. The molecule has 1 aliphatic rings. The second-order valence-corrected chi connectivity index (χ2v) is 4.79. The summed E-state index contributed by atoms with van der Waals surface area (Å²) in [5, 5.41) is 11.8. The molecule has 0 unspecified atom stereocenters. The molecule has 1 aromatic heterocycles. The normalized spacial score (nSPS) is 16.3. The number of aryl methyl sites for hydroxylation is 1. The van der Waals surface area contributed by atoms with Crippen LogP contribution in [-0.2, 0) is 6.54 Å². The topological polar surface area (TPSA) is 42.7 Å². The van der Waals surface area contributed by atoms with Gasteiger partial charge in [0, 0.05) is 6.04 Å². The van der Waals surface area contributed by atoms with Crippen LogP contribution >= 0.6 is 0 Å². The highest BCUT2D eigenvalue weighted by molar-refractivity contribution is 5.01. The molecule has 0 aromatic carbocycles. The molecule has 0 atom stereocenters. The third-order valence-corrected chi connectivity index (χ3v) is 2.68. The van der Waals surface area contributed by atoms with E-state index in [4.69, 9.17) is 0 Å². The Morgan fingerprint density at radius 3 is 2.73 bits per heavy atom. The summed E-state index contributed by atoms with van der Waals surface area (Å²) in [6, 6.07) is 0.677. The van der Waals surface area contributed by atoms with Crippen LogP contribution < -0.4 is 5.32 Å². The predicted molar refractivity (Wildman–Crippen MR) is 59.6 cm³/mol. The first kappa shape index (κ1) is 10.6. The maximum atomic E-state index is 4.22. The molecule has 1 heterocycles. The first-order chi connectivity index (χ1) is 7.18. The second-order valence-electron chi connectivity index (χ2n) is 4.79. The lowest BCUT2D eigenvalue weighted by Crippen LogP contribution is -2.21. The fourth-order valence-corrected chi connectivity index (χ4v) is 1.81. The highest BCUT2D eigenvalue weighted by Gasteiger charge is 2.27.